The second-order valence-corrected chi connectivity index (χ2v) is 6.01. The van der Waals surface area contributed by atoms with Crippen LogP contribution in [0.1, 0.15) is 19.3 Å². The van der Waals surface area contributed by atoms with Crippen LogP contribution in [0.25, 0.3) is 0 Å². The largest absolute Gasteiger partial charge is 0.351 e. The van der Waals surface area contributed by atoms with E-state index < -0.39 is 17.7 Å². The molecule has 2 heterocycles. The molecule has 2 fully saturated rings. The monoisotopic (exact) mass is 359 g/mol. The SMILES string of the molecule is Cl.O=C(NC1CC(=O)N(c2c(F)cccc2F)C1)C1CCNCC1. The fraction of sp³-hybridized carbons (Fsp3) is 0.500. The van der Waals surface area contributed by atoms with Crippen LogP contribution in [0, 0.1) is 17.6 Å². The summed E-state index contributed by atoms with van der Waals surface area (Å²) in [6.45, 7) is 1.69. The summed E-state index contributed by atoms with van der Waals surface area (Å²) in [4.78, 5) is 25.4. The van der Waals surface area contributed by atoms with Crippen LogP contribution in [0.5, 0.6) is 0 Å². The van der Waals surface area contributed by atoms with E-state index in [1.807, 2.05) is 0 Å². The van der Waals surface area contributed by atoms with Crippen molar-refractivity contribution in [1.82, 2.24) is 10.6 Å². The Morgan fingerprint density at radius 1 is 1.21 bits per heavy atom. The number of piperidine rings is 1. The van der Waals surface area contributed by atoms with Crippen LogP contribution in [0.15, 0.2) is 18.2 Å². The number of carbonyl (C=O) groups is 2. The van der Waals surface area contributed by atoms with E-state index in [4.69, 9.17) is 0 Å². The third-order valence-electron chi connectivity index (χ3n) is 4.39. The first-order valence-electron chi connectivity index (χ1n) is 7.81. The molecule has 8 heteroatoms. The van der Waals surface area contributed by atoms with E-state index in [9.17, 15) is 18.4 Å². The van der Waals surface area contributed by atoms with Crippen LogP contribution in [0.4, 0.5) is 14.5 Å². The number of para-hydroxylation sites is 1. The minimum absolute atomic E-state index is 0. The van der Waals surface area contributed by atoms with Crippen LogP contribution in [-0.4, -0.2) is 37.5 Å². The van der Waals surface area contributed by atoms with Crippen molar-refractivity contribution >= 4 is 29.9 Å². The Morgan fingerprint density at radius 3 is 2.46 bits per heavy atom. The molecule has 0 radical (unpaired) electrons. The molecule has 1 aromatic carbocycles. The Labute approximate surface area is 145 Å². The molecule has 0 aliphatic carbocycles. The molecule has 5 nitrogen and oxygen atoms in total. The lowest BCUT2D eigenvalue weighted by Gasteiger charge is -2.24. The van der Waals surface area contributed by atoms with Gasteiger partial charge in [-0.3, -0.25) is 9.59 Å². The first-order chi connectivity index (χ1) is 11.1. The Morgan fingerprint density at radius 2 is 1.83 bits per heavy atom. The maximum absolute atomic E-state index is 13.8. The highest BCUT2D eigenvalue weighted by Gasteiger charge is 2.35. The molecular weight excluding hydrogens is 340 g/mol. The fourth-order valence-corrected chi connectivity index (χ4v) is 3.17. The first kappa shape index (κ1) is 18.6. The molecule has 2 aliphatic heterocycles. The summed E-state index contributed by atoms with van der Waals surface area (Å²) in [5.74, 6) is -2.08. The van der Waals surface area contributed by atoms with Gasteiger partial charge in [-0.05, 0) is 38.1 Å². The average Bonchev–Trinajstić information content (AvgIpc) is 2.88. The van der Waals surface area contributed by atoms with Gasteiger partial charge in [0.05, 0.1) is 6.04 Å². The van der Waals surface area contributed by atoms with Crippen molar-refractivity contribution in [3.63, 3.8) is 0 Å². The zero-order chi connectivity index (χ0) is 16.4. The molecule has 2 aliphatic rings. The summed E-state index contributed by atoms with van der Waals surface area (Å²) in [5, 5.41) is 6.03. The van der Waals surface area contributed by atoms with Crippen LogP contribution in [-0.2, 0) is 9.59 Å². The second-order valence-electron chi connectivity index (χ2n) is 6.01. The smallest absolute Gasteiger partial charge is 0.229 e. The number of nitrogens with zero attached hydrogens (tertiary/aromatic N) is 1. The van der Waals surface area contributed by atoms with Gasteiger partial charge in [-0.25, -0.2) is 8.78 Å². The Bertz CT molecular complexity index is 603. The van der Waals surface area contributed by atoms with E-state index >= 15 is 0 Å². The van der Waals surface area contributed by atoms with Gasteiger partial charge >= 0.3 is 0 Å². The molecule has 2 amide bonds. The van der Waals surface area contributed by atoms with Gasteiger partial charge in [0.25, 0.3) is 0 Å². The highest BCUT2D eigenvalue weighted by Crippen LogP contribution is 2.27. The van der Waals surface area contributed by atoms with Gasteiger partial charge in [0.15, 0.2) is 0 Å². The Balaban J connectivity index is 0.00000208. The Hall–Kier alpha value is -1.73. The van der Waals surface area contributed by atoms with Crippen molar-refractivity contribution in [3.8, 4) is 0 Å². The van der Waals surface area contributed by atoms with Gasteiger partial charge in [-0.15, -0.1) is 12.4 Å². The van der Waals surface area contributed by atoms with Gasteiger partial charge in [-0.1, -0.05) is 6.07 Å². The van der Waals surface area contributed by atoms with Gasteiger partial charge in [0.1, 0.15) is 17.3 Å². The molecule has 0 aromatic heterocycles. The van der Waals surface area contributed by atoms with E-state index in [2.05, 4.69) is 10.6 Å². The molecule has 132 valence electrons. The molecule has 0 bridgehead atoms. The number of benzene rings is 1. The third-order valence-corrected chi connectivity index (χ3v) is 4.39. The molecule has 24 heavy (non-hydrogen) atoms. The predicted molar refractivity (Wildman–Crippen MR) is 88.1 cm³/mol. The number of hydrogen-bond donors (Lipinski definition) is 2. The molecule has 2 saturated heterocycles. The molecule has 1 atom stereocenters. The highest BCUT2D eigenvalue weighted by atomic mass is 35.5. The van der Waals surface area contributed by atoms with Crippen LogP contribution < -0.4 is 15.5 Å². The van der Waals surface area contributed by atoms with E-state index in [1.54, 1.807) is 0 Å². The lowest BCUT2D eigenvalue weighted by atomic mass is 9.97. The van der Waals surface area contributed by atoms with E-state index in [1.165, 1.54) is 6.07 Å². The summed E-state index contributed by atoms with van der Waals surface area (Å²) in [5.41, 5.74) is -0.337. The van der Waals surface area contributed by atoms with Crippen molar-refractivity contribution in [2.24, 2.45) is 5.92 Å². The van der Waals surface area contributed by atoms with E-state index in [-0.39, 0.29) is 48.8 Å². The van der Waals surface area contributed by atoms with Gasteiger partial charge < -0.3 is 15.5 Å². The minimum atomic E-state index is -0.774. The Kier molecular flexibility index (Phi) is 6.12. The molecule has 1 unspecified atom stereocenters. The van der Waals surface area contributed by atoms with Crippen LogP contribution in [0.3, 0.4) is 0 Å². The highest BCUT2D eigenvalue weighted by molar-refractivity contribution is 5.97. The lowest BCUT2D eigenvalue weighted by molar-refractivity contribution is -0.126. The number of rotatable bonds is 3. The average molecular weight is 360 g/mol. The number of anilines is 1. The molecule has 0 spiro atoms. The molecule has 2 N–H and O–H groups in total. The summed E-state index contributed by atoms with van der Waals surface area (Å²) in [6.07, 6.45) is 1.58. The number of halogens is 3. The summed E-state index contributed by atoms with van der Waals surface area (Å²) in [6, 6.07) is 3.08. The topological polar surface area (TPSA) is 61.4 Å². The maximum Gasteiger partial charge on any atom is 0.229 e. The van der Waals surface area contributed by atoms with Gasteiger partial charge in [-0.2, -0.15) is 0 Å². The second kappa shape index (κ2) is 7.90. The molecular formula is C16H20ClF2N3O2. The quantitative estimate of drug-likeness (QED) is 0.862. The first-order valence-corrected chi connectivity index (χ1v) is 7.81. The van der Waals surface area contributed by atoms with Crippen molar-refractivity contribution in [2.45, 2.75) is 25.3 Å². The number of amides is 2. The molecule has 0 saturated carbocycles. The van der Waals surface area contributed by atoms with Crippen LogP contribution >= 0.6 is 12.4 Å². The molecule has 3 rings (SSSR count). The van der Waals surface area contributed by atoms with Gasteiger partial charge in [0, 0.05) is 18.9 Å². The normalized spacial score (nSPS) is 21.5. The summed E-state index contributed by atoms with van der Waals surface area (Å²) < 4.78 is 27.7. The lowest BCUT2D eigenvalue weighted by Crippen LogP contribution is -2.43. The van der Waals surface area contributed by atoms with E-state index in [0.29, 0.717) is 0 Å². The fourth-order valence-electron chi connectivity index (χ4n) is 3.17. The summed E-state index contributed by atoms with van der Waals surface area (Å²) >= 11 is 0. The number of hydrogen-bond acceptors (Lipinski definition) is 3. The number of carbonyl (C=O) groups excluding carboxylic acids is 2. The third kappa shape index (κ3) is 3.84. The zero-order valence-electron chi connectivity index (χ0n) is 13.1. The van der Waals surface area contributed by atoms with Crippen LogP contribution in [0.2, 0.25) is 0 Å². The zero-order valence-corrected chi connectivity index (χ0v) is 13.9. The predicted octanol–water partition coefficient (Wildman–Crippen LogP) is 1.61. The molecule has 1 aromatic rings. The minimum Gasteiger partial charge on any atom is -0.351 e. The maximum atomic E-state index is 13.8. The van der Waals surface area contributed by atoms with Crippen molar-refractivity contribution in [3.05, 3.63) is 29.8 Å². The van der Waals surface area contributed by atoms with E-state index in [0.717, 1.165) is 43.0 Å². The standard InChI is InChI=1S/C16H19F2N3O2.ClH/c17-12-2-1-3-13(18)15(12)21-9-11(8-14(21)22)20-16(23)10-4-6-19-7-5-10;/h1-3,10-11,19H,4-9H2,(H,20,23);1H. The van der Waals surface area contributed by atoms with Crippen molar-refractivity contribution in [2.75, 3.05) is 24.5 Å². The van der Waals surface area contributed by atoms with Crippen molar-refractivity contribution in [1.29, 1.82) is 0 Å². The summed E-state index contributed by atoms with van der Waals surface area (Å²) in [7, 11) is 0. The number of nitrogens with one attached hydrogen (secondary N) is 2. The van der Waals surface area contributed by atoms with Crippen molar-refractivity contribution < 1.29 is 18.4 Å². The van der Waals surface area contributed by atoms with Gasteiger partial charge in [0.2, 0.25) is 11.8 Å².